The SMILES string of the molecule is Cc1nn(C)c(C)c1C[C@H](C)C(=O)N[C@@](C)(C(=O)O)C1CC1. The minimum absolute atomic E-state index is 0.0445. The van der Waals surface area contributed by atoms with Gasteiger partial charge in [-0.3, -0.25) is 9.48 Å². The van der Waals surface area contributed by atoms with E-state index in [1.807, 2.05) is 27.8 Å². The van der Waals surface area contributed by atoms with Crippen LogP contribution in [-0.4, -0.2) is 32.3 Å². The summed E-state index contributed by atoms with van der Waals surface area (Å²) in [6.45, 7) is 7.35. The number of aromatic nitrogens is 2. The lowest BCUT2D eigenvalue weighted by molar-refractivity contribution is -0.148. The van der Waals surface area contributed by atoms with Crippen LogP contribution in [0, 0.1) is 25.7 Å². The molecule has 1 amide bonds. The summed E-state index contributed by atoms with van der Waals surface area (Å²) in [6.07, 6.45) is 2.29. The number of aryl methyl sites for hydroxylation is 2. The van der Waals surface area contributed by atoms with Gasteiger partial charge in [0.2, 0.25) is 5.91 Å². The van der Waals surface area contributed by atoms with Gasteiger partial charge in [0.1, 0.15) is 5.54 Å². The molecule has 1 heterocycles. The fraction of sp³-hybridized carbons (Fsp3) is 0.688. The number of carboxylic acids is 1. The van der Waals surface area contributed by atoms with Crippen LogP contribution in [0.5, 0.6) is 0 Å². The van der Waals surface area contributed by atoms with E-state index in [9.17, 15) is 14.7 Å². The maximum atomic E-state index is 12.4. The molecule has 0 unspecified atom stereocenters. The molecule has 122 valence electrons. The third-order valence-electron chi connectivity index (χ3n) is 4.84. The van der Waals surface area contributed by atoms with E-state index < -0.39 is 11.5 Å². The number of amides is 1. The fourth-order valence-corrected chi connectivity index (χ4v) is 2.88. The number of carbonyl (C=O) groups is 2. The van der Waals surface area contributed by atoms with Crippen molar-refractivity contribution in [3.05, 3.63) is 17.0 Å². The summed E-state index contributed by atoms with van der Waals surface area (Å²) in [5.74, 6) is -1.41. The molecule has 0 saturated heterocycles. The van der Waals surface area contributed by atoms with Gasteiger partial charge in [-0.15, -0.1) is 0 Å². The average Bonchev–Trinajstić information content (AvgIpc) is 3.24. The van der Waals surface area contributed by atoms with Crippen LogP contribution in [0.3, 0.4) is 0 Å². The van der Waals surface area contributed by atoms with E-state index in [2.05, 4.69) is 10.4 Å². The lowest BCUT2D eigenvalue weighted by atomic mass is 9.93. The number of hydrogen-bond acceptors (Lipinski definition) is 3. The molecule has 2 N–H and O–H groups in total. The molecular formula is C16H25N3O3. The largest absolute Gasteiger partial charge is 0.480 e. The van der Waals surface area contributed by atoms with Gasteiger partial charge in [-0.25, -0.2) is 4.79 Å². The van der Waals surface area contributed by atoms with E-state index in [0.29, 0.717) is 6.42 Å². The number of hydrogen-bond donors (Lipinski definition) is 2. The van der Waals surface area contributed by atoms with E-state index in [4.69, 9.17) is 0 Å². The zero-order chi connectivity index (χ0) is 16.7. The maximum absolute atomic E-state index is 12.4. The van der Waals surface area contributed by atoms with Crippen molar-refractivity contribution in [2.24, 2.45) is 18.9 Å². The topological polar surface area (TPSA) is 84.2 Å². The molecule has 1 aromatic rings. The van der Waals surface area contributed by atoms with Gasteiger partial charge >= 0.3 is 5.97 Å². The van der Waals surface area contributed by atoms with Crippen molar-refractivity contribution >= 4 is 11.9 Å². The van der Waals surface area contributed by atoms with E-state index in [-0.39, 0.29) is 17.7 Å². The van der Waals surface area contributed by atoms with Crippen molar-refractivity contribution < 1.29 is 14.7 Å². The summed E-state index contributed by atoms with van der Waals surface area (Å²) in [5, 5.41) is 16.5. The van der Waals surface area contributed by atoms with Crippen molar-refractivity contribution in [2.45, 2.75) is 52.5 Å². The summed E-state index contributed by atoms with van der Waals surface area (Å²) in [6, 6.07) is 0. The first kappa shape index (κ1) is 16.5. The van der Waals surface area contributed by atoms with Crippen LogP contribution in [0.2, 0.25) is 0 Å². The lowest BCUT2D eigenvalue weighted by Crippen LogP contribution is -2.55. The second-order valence-electron chi connectivity index (χ2n) is 6.65. The molecule has 1 fully saturated rings. The van der Waals surface area contributed by atoms with Gasteiger partial charge < -0.3 is 10.4 Å². The normalized spacial score (nSPS) is 18.6. The molecular weight excluding hydrogens is 282 g/mol. The van der Waals surface area contributed by atoms with E-state index in [1.165, 1.54) is 0 Å². The molecule has 0 aliphatic heterocycles. The molecule has 1 saturated carbocycles. The fourth-order valence-electron chi connectivity index (χ4n) is 2.88. The van der Waals surface area contributed by atoms with E-state index >= 15 is 0 Å². The number of aliphatic carboxylic acids is 1. The number of rotatable bonds is 6. The zero-order valence-corrected chi connectivity index (χ0v) is 13.9. The number of carbonyl (C=O) groups excluding carboxylic acids is 1. The Hall–Kier alpha value is -1.85. The first-order chi connectivity index (χ1) is 10.2. The van der Waals surface area contributed by atoms with E-state index in [1.54, 1.807) is 11.6 Å². The molecule has 0 aromatic carbocycles. The first-order valence-electron chi connectivity index (χ1n) is 7.71. The van der Waals surface area contributed by atoms with Gasteiger partial charge in [0, 0.05) is 18.7 Å². The third kappa shape index (κ3) is 3.00. The first-order valence-corrected chi connectivity index (χ1v) is 7.71. The molecule has 6 nitrogen and oxygen atoms in total. The number of nitrogens with one attached hydrogen (secondary N) is 1. The Morgan fingerprint density at radius 3 is 2.45 bits per heavy atom. The molecule has 1 aliphatic carbocycles. The lowest BCUT2D eigenvalue weighted by Gasteiger charge is -2.27. The summed E-state index contributed by atoms with van der Waals surface area (Å²) in [5.41, 5.74) is 1.88. The maximum Gasteiger partial charge on any atom is 0.329 e. The molecule has 2 rings (SSSR count). The van der Waals surface area contributed by atoms with Gasteiger partial charge in [-0.05, 0) is 51.5 Å². The van der Waals surface area contributed by atoms with Crippen LogP contribution in [-0.2, 0) is 23.1 Å². The Morgan fingerprint density at radius 2 is 2.05 bits per heavy atom. The highest BCUT2D eigenvalue weighted by molar-refractivity contribution is 5.88. The Balaban J connectivity index is 2.07. The highest BCUT2D eigenvalue weighted by Gasteiger charge is 2.48. The van der Waals surface area contributed by atoms with Gasteiger partial charge in [0.15, 0.2) is 0 Å². The highest BCUT2D eigenvalue weighted by Crippen LogP contribution is 2.40. The van der Waals surface area contributed by atoms with Crippen LogP contribution < -0.4 is 5.32 Å². The van der Waals surface area contributed by atoms with Crippen molar-refractivity contribution in [2.75, 3.05) is 0 Å². The van der Waals surface area contributed by atoms with Gasteiger partial charge in [-0.2, -0.15) is 5.10 Å². The minimum Gasteiger partial charge on any atom is -0.480 e. The predicted octanol–water partition coefficient (Wildman–Crippen LogP) is 1.59. The molecule has 0 spiro atoms. The monoisotopic (exact) mass is 307 g/mol. The van der Waals surface area contributed by atoms with Crippen LogP contribution in [0.4, 0.5) is 0 Å². The van der Waals surface area contributed by atoms with Crippen LogP contribution in [0.1, 0.15) is 43.6 Å². The summed E-state index contributed by atoms with van der Waals surface area (Å²) >= 11 is 0. The molecule has 1 aromatic heterocycles. The van der Waals surface area contributed by atoms with Gasteiger partial charge in [0.25, 0.3) is 0 Å². The Labute approximate surface area is 130 Å². The molecule has 22 heavy (non-hydrogen) atoms. The molecule has 1 aliphatic rings. The molecule has 2 atom stereocenters. The standard InChI is InChI=1S/C16H25N3O3/c1-9(8-13-10(2)18-19(5)11(13)3)14(20)17-16(4,15(21)22)12-6-7-12/h9,12H,6-8H2,1-5H3,(H,17,20)(H,21,22)/t9-,16+/m0/s1. The highest BCUT2D eigenvalue weighted by atomic mass is 16.4. The Bertz CT molecular complexity index is 604. The van der Waals surface area contributed by atoms with Crippen LogP contribution in [0.25, 0.3) is 0 Å². The molecule has 0 radical (unpaired) electrons. The smallest absolute Gasteiger partial charge is 0.329 e. The summed E-state index contributed by atoms with van der Waals surface area (Å²) in [4.78, 5) is 23.9. The van der Waals surface area contributed by atoms with Gasteiger partial charge in [0.05, 0.1) is 5.69 Å². The molecule has 0 bridgehead atoms. The second-order valence-corrected chi connectivity index (χ2v) is 6.65. The van der Waals surface area contributed by atoms with Crippen molar-refractivity contribution in [3.8, 4) is 0 Å². The minimum atomic E-state index is -1.15. The third-order valence-corrected chi connectivity index (χ3v) is 4.84. The molecule has 6 heteroatoms. The average molecular weight is 307 g/mol. The zero-order valence-electron chi connectivity index (χ0n) is 13.9. The quantitative estimate of drug-likeness (QED) is 0.836. The van der Waals surface area contributed by atoms with E-state index in [0.717, 1.165) is 29.8 Å². The predicted molar refractivity (Wildman–Crippen MR) is 82.5 cm³/mol. The Morgan fingerprint density at radius 1 is 1.45 bits per heavy atom. The van der Waals surface area contributed by atoms with Crippen molar-refractivity contribution in [1.29, 1.82) is 0 Å². The Kier molecular flexibility index (Phi) is 4.31. The number of carboxylic acid groups (broad SMARTS) is 1. The van der Waals surface area contributed by atoms with Crippen LogP contribution in [0.15, 0.2) is 0 Å². The summed E-state index contributed by atoms with van der Waals surface area (Å²) < 4.78 is 1.81. The van der Waals surface area contributed by atoms with Crippen molar-refractivity contribution in [1.82, 2.24) is 15.1 Å². The summed E-state index contributed by atoms with van der Waals surface area (Å²) in [7, 11) is 1.88. The van der Waals surface area contributed by atoms with Crippen molar-refractivity contribution in [3.63, 3.8) is 0 Å². The number of nitrogens with zero attached hydrogens (tertiary/aromatic N) is 2. The second kappa shape index (κ2) is 5.74. The van der Waals surface area contributed by atoms with Crippen LogP contribution >= 0.6 is 0 Å². The van der Waals surface area contributed by atoms with Gasteiger partial charge in [-0.1, -0.05) is 6.92 Å².